The summed E-state index contributed by atoms with van der Waals surface area (Å²) < 4.78 is 21.7. The Labute approximate surface area is 137 Å². The number of ether oxygens (including phenoxy) is 1. The fraction of sp³-hybridized carbons (Fsp3) is 0.533. The van der Waals surface area contributed by atoms with Crippen LogP contribution in [0.15, 0.2) is 16.6 Å². The highest BCUT2D eigenvalue weighted by molar-refractivity contribution is 9.10. The van der Waals surface area contributed by atoms with E-state index >= 15 is 0 Å². The number of imidazole rings is 1. The summed E-state index contributed by atoms with van der Waals surface area (Å²) in [5, 5.41) is -0.246. The molecule has 0 saturated carbocycles. The van der Waals surface area contributed by atoms with E-state index in [2.05, 4.69) is 34.8 Å². The molecule has 2 aromatic rings. The van der Waals surface area contributed by atoms with Gasteiger partial charge in [0.1, 0.15) is 11.6 Å². The van der Waals surface area contributed by atoms with Crippen LogP contribution in [0.5, 0.6) is 0 Å². The van der Waals surface area contributed by atoms with Gasteiger partial charge in [0.25, 0.3) is 0 Å². The number of hydrogen-bond donors (Lipinski definition) is 0. The highest BCUT2D eigenvalue weighted by atomic mass is 79.9. The zero-order valence-electron chi connectivity index (χ0n) is 12.4. The van der Waals surface area contributed by atoms with Crippen LogP contribution in [0.25, 0.3) is 11.0 Å². The molecule has 0 aliphatic carbocycles. The topological polar surface area (TPSA) is 27.1 Å². The molecule has 0 radical (unpaired) electrons. The van der Waals surface area contributed by atoms with Crippen LogP contribution >= 0.6 is 27.5 Å². The number of aromatic nitrogens is 2. The summed E-state index contributed by atoms with van der Waals surface area (Å²) in [6, 6.07) is 3.16. The summed E-state index contributed by atoms with van der Waals surface area (Å²) in [6.07, 6.45) is 0. The van der Waals surface area contributed by atoms with Gasteiger partial charge in [0.05, 0.1) is 27.5 Å². The lowest BCUT2D eigenvalue weighted by molar-refractivity contribution is 0.103. The van der Waals surface area contributed by atoms with Crippen molar-refractivity contribution >= 4 is 38.6 Å². The van der Waals surface area contributed by atoms with Gasteiger partial charge in [-0.05, 0) is 34.8 Å². The molecule has 116 valence electrons. The standard InChI is InChI=1S/C15H19BrClFN2O/c1-9(2)8-21-5-4-20-14-7-12(18)11(16)6-13(14)19-15(20)10(3)17/h6-7,9-10H,4-5,8H2,1-3H3. The molecule has 3 nitrogen and oxygen atoms in total. The van der Waals surface area contributed by atoms with Crippen LogP contribution in [0, 0.1) is 11.7 Å². The van der Waals surface area contributed by atoms with Crippen molar-refractivity contribution in [3.8, 4) is 0 Å². The normalized spacial score (nSPS) is 13.3. The lowest BCUT2D eigenvalue weighted by Crippen LogP contribution is -2.12. The fourth-order valence-electron chi connectivity index (χ4n) is 2.15. The number of rotatable bonds is 6. The number of alkyl halides is 1. The molecular weight excluding hydrogens is 359 g/mol. The molecule has 0 N–H and O–H groups in total. The molecule has 0 aliphatic rings. The number of benzene rings is 1. The van der Waals surface area contributed by atoms with Crippen LogP contribution in [0.1, 0.15) is 32.0 Å². The fourth-order valence-corrected chi connectivity index (χ4v) is 2.65. The van der Waals surface area contributed by atoms with Crippen molar-refractivity contribution in [2.45, 2.75) is 32.7 Å². The molecule has 1 heterocycles. The molecule has 6 heteroatoms. The molecule has 1 aromatic heterocycles. The minimum absolute atomic E-state index is 0.246. The molecule has 1 unspecified atom stereocenters. The van der Waals surface area contributed by atoms with Gasteiger partial charge in [0.2, 0.25) is 0 Å². The Morgan fingerprint density at radius 3 is 2.71 bits per heavy atom. The van der Waals surface area contributed by atoms with Gasteiger partial charge in [-0.25, -0.2) is 9.37 Å². The number of hydrogen-bond acceptors (Lipinski definition) is 2. The summed E-state index contributed by atoms with van der Waals surface area (Å²) in [4.78, 5) is 4.51. The SMILES string of the molecule is CC(C)COCCn1c(C(C)Cl)nc2cc(Br)c(F)cc21. The van der Waals surface area contributed by atoms with Crippen molar-refractivity contribution in [3.63, 3.8) is 0 Å². The first kappa shape index (κ1) is 16.7. The highest BCUT2D eigenvalue weighted by Crippen LogP contribution is 2.28. The van der Waals surface area contributed by atoms with E-state index < -0.39 is 0 Å². The van der Waals surface area contributed by atoms with E-state index in [0.29, 0.717) is 30.1 Å². The first-order valence-electron chi connectivity index (χ1n) is 6.97. The maximum Gasteiger partial charge on any atom is 0.139 e. The Kier molecular flexibility index (Phi) is 5.63. The Balaban J connectivity index is 2.30. The quantitative estimate of drug-likeness (QED) is 0.528. The Morgan fingerprint density at radius 2 is 2.10 bits per heavy atom. The van der Waals surface area contributed by atoms with Crippen molar-refractivity contribution < 1.29 is 9.13 Å². The minimum Gasteiger partial charge on any atom is -0.379 e. The van der Waals surface area contributed by atoms with Crippen LogP contribution in [-0.4, -0.2) is 22.8 Å². The molecule has 1 atom stereocenters. The van der Waals surface area contributed by atoms with Crippen molar-refractivity contribution in [2.75, 3.05) is 13.2 Å². The maximum atomic E-state index is 13.8. The molecule has 0 saturated heterocycles. The second-order valence-electron chi connectivity index (χ2n) is 5.46. The molecular formula is C15H19BrClFN2O. The number of halogens is 3. The Hall–Kier alpha value is -0.650. The van der Waals surface area contributed by atoms with Crippen molar-refractivity contribution in [3.05, 3.63) is 28.2 Å². The van der Waals surface area contributed by atoms with Crippen molar-refractivity contribution in [1.29, 1.82) is 0 Å². The third-order valence-corrected chi connectivity index (χ3v) is 3.89. The summed E-state index contributed by atoms with van der Waals surface area (Å²) in [7, 11) is 0. The van der Waals surface area contributed by atoms with Gasteiger partial charge < -0.3 is 9.30 Å². The zero-order valence-corrected chi connectivity index (χ0v) is 14.7. The first-order chi connectivity index (χ1) is 9.90. The van der Waals surface area contributed by atoms with E-state index in [-0.39, 0.29) is 11.2 Å². The van der Waals surface area contributed by atoms with Gasteiger partial charge in [-0.2, -0.15) is 0 Å². The third kappa shape index (κ3) is 3.96. The molecule has 0 amide bonds. The molecule has 0 bridgehead atoms. The molecule has 2 rings (SSSR count). The van der Waals surface area contributed by atoms with E-state index in [0.717, 1.165) is 16.9 Å². The van der Waals surface area contributed by atoms with Crippen molar-refractivity contribution in [1.82, 2.24) is 9.55 Å². The summed E-state index contributed by atoms with van der Waals surface area (Å²) >= 11 is 9.38. The Bertz CT molecular complexity index is 628. The molecule has 0 spiro atoms. The molecule has 0 aliphatic heterocycles. The average Bonchev–Trinajstić information content (AvgIpc) is 2.73. The van der Waals surface area contributed by atoms with Crippen LogP contribution in [0.4, 0.5) is 4.39 Å². The van der Waals surface area contributed by atoms with E-state index in [1.54, 1.807) is 6.07 Å². The second-order valence-corrected chi connectivity index (χ2v) is 6.97. The molecule has 21 heavy (non-hydrogen) atoms. The van der Waals surface area contributed by atoms with Crippen LogP contribution in [0.3, 0.4) is 0 Å². The Morgan fingerprint density at radius 1 is 1.38 bits per heavy atom. The van der Waals surface area contributed by atoms with Crippen LogP contribution in [0.2, 0.25) is 0 Å². The summed E-state index contributed by atoms with van der Waals surface area (Å²) in [5.74, 6) is 0.919. The number of nitrogens with zero attached hydrogens (tertiary/aromatic N) is 2. The summed E-state index contributed by atoms with van der Waals surface area (Å²) in [6.45, 7) is 7.93. The maximum absolute atomic E-state index is 13.8. The molecule has 0 fully saturated rings. The lowest BCUT2D eigenvalue weighted by Gasteiger charge is -2.12. The van der Waals surface area contributed by atoms with Gasteiger partial charge in [0.15, 0.2) is 0 Å². The van der Waals surface area contributed by atoms with E-state index in [9.17, 15) is 4.39 Å². The smallest absolute Gasteiger partial charge is 0.139 e. The predicted octanol–water partition coefficient (Wildman–Crippen LogP) is 4.91. The van der Waals surface area contributed by atoms with Crippen molar-refractivity contribution in [2.24, 2.45) is 5.92 Å². The largest absolute Gasteiger partial charge is 0.379 e. The monoisotopic (exact) mass is 376 g/mol. The second kappa shape index (κ2) is 7.07. The van der Waals surface area contributed by atoms with E-state index in [1.165, 1.54) is 6.07 Å². The molecule has 1 aromatic carbocycles. The zero-order chi connectivity index (χ0) is 15.6. The van der Waals surface area contributed by atoms with Gasteiger partial charge in [0, 0.05) is 19.2 Å². The lowest BCUT2D eigenvalue weighted by atomic mass is 10.2. The van der Waals surface area contributed by atoms with E-state index in [1.807, 2.05) is 11.5 Å². The third-order valence-electron chi connectivity index (χ3n) is 3.09. The van der Waals surface area contributed by atoms with Gasteiger partial charge in [-0.15, -0.1) is 11.6 Å². The first-order valence-corrected chi connectivity index (χ1v) is 8.20. The highest BCUT2D eigenvalue weighted by Gasteiger charge is 2.16. The summed E-state index contributed by atoms with van der Waals surface area (Å²) in [5.41, 5.74) is 1.47. The van der Waals surface area contributed by atoms with Crippen LogP contribution in [-0.2, 0) is 11.3 Å². The minimum atomic E-state index is -0.305. The van der Waals surface area contributed by atoms with Gasteiger partial charge in [-0.3, -0.25) is 0 Å². The van der Waals surface area contributed by atoms with Gasteiger partial charge in [-0.1, -0.05) is 13.8 Å². The van der Waals surface area contributed by atoms with Crippen LogP contribution < -0.4 is 0 Å². The predicted molar refractivity (Wildman–Crippen MR) is 87.3 cm³/mol. The number of fused-ring (bicyclic) bond motifs is 1. The van der Waals surface area contributed by atoms with E-state index in [4.69, 9.17) is 16.3 Å². The average molecular weight is 378 g/mol. The van der Waals surface area contributed by atoms with Gasteiger partial charge >= 0.3 is 0 Å².